The minimum absolute atomic E-state index is 0.126. The number of methoxy groups -OCH3 is 1. The largest absolute Gasteiger partial charge is 0.748 e. The van der Waals surface area contributed by atoms with Crippen molar-refractivity contribution in [3.63, 3.8) is 0 Å². The van der Waals surface area contributed by atoms with Gasteiger partial charge in [-0.3, -0.25) is 14.4 Å². The lowest BCUT2D eigenvalue weighted by molar-refractivity contribution is -0.310. The fraction of sp³-hybridized carbons (Fsp3) is 0.245. The number of carboxylic acids is 3. The summed E-state index contributed by atoms with van der Waals surface area (Å²) in [6.07, 6.45) is 6.48. The molecule has 12 aromatic rings. The number of hydrogen-bond acceptors (Lipinski definition) is 20. The van der Waals surface area contributed by atoms with Crippen molar-refractivity contribution in [2.45, 2.75) is 149 Å². The Morgan fingerprint density at radius 3 is 0.881 bits per heavy atom. The third kappa shape index (κ3) is 28.5. The van der Waals surface area contributed by atoms with Crippen LogP contribution in [-0.2, 0) is 120 Å². The third-order valence-corrected chi connectivity index (χ3v) is 32.6. The van der Waals surface area contributed by atoms with Crippen LogP contribution in [0.1, 0.15) is 78.6 Å². The molecule has 2 aliphatic heterocycles. The van der Waals surface area contributed by atoms with Crippen LogP contribution < -0.4 is 15.3 Å². The molecule has 0 aromatic heterocycles. The average Bonchev–Trinajstić information content (AvgIpc) is 1.52. The molecule has 2 saturated heterocycles. The van der Waals surface area contributed by atoms with Gasteiger partial charge in [0.15, 0.2) is 58.7 Å². The summed E-state index contributed by atoms with van der Waals surface area (Å²) in [7, 11) is -4.42. The second-order valence-corrected chi connectivity index (χ2v) is 42.3. The first-order chi connectivity index (χ1) is 64.8. The van der Waals surface area contributed by atoms with Gasteiger partial charge in [0.05, 0.1) is 85.5 Å². The van der Waals surface area contributed by atoms with Gasteiger partial charge in [-0.2, -0.15) is 0 Å². The number of aliphatic carboxylic acids is 3. The predicted molar refractivity (Wildman–Crippen MR) is 495 cm³/mol. The Balaban J connectivity index is 0.000000150. The van der Waals surface area contributed by atoms with E-state index in [-0.39, 0.29) is 97.9 Å². The van der Waals surface area contributed by atoms with E-state index >= 15 is 0 Å². The Bertz CT molecular complexity index is 5360. The van der Waals surface area contributed by atoms with Gasteiger partial charge in [-0.15, -0.1) is 0 Å². The standard InChI is InChI=1S/4C18H14FS.C13H18O4.C12H16O6.C6H8O7S.C3H6O3/c4*19-15-8-7-13-18(14-15)20(16-9-3-1-4-10-16)17-11-5-2-6-12-17;14-11(15)7-17-12(16)13-4-8-1-9(5-13)3-10(2-8)6-13;1-10(2)11(3)4-5-12(10,18-8(11)15)9(16)17-6-7(13)14;7-5(3-14(9,10)11)13-4-1-2-12-6(4)8;1-6-2-3(4)5/h4*1-14H;8-10H,1-7H2,(H,14,15);4-6H2,1-3H3,(H,13,14);4H,1-3H2,(H,9,10,11);2H2,1H3,(H,4,5)/q4*+1;;;;/p-4. The fourth-order valence-electron chi connectivity index (χ4n) is 17.1. The van der Waals surface area contributed by atoms with Gasteiger partial charge in [0.1, 0.15) is 52.4 Å². The van der Waals surface area contributed by atoms with Gasteiger partial charge in [-0.05, 0) is 222 Å². The first kappa shape index (κ1) is 103. The Morgan fingerprint density at radius 1 is 0.393 bits per heavy atom. The number of fused-ring (bicyclic) bond motifs is 2. The molecule has 7 aliphatic rings. The van der Waals surface area contributed by atoms with Crippen LogP contribution in [-0.4, -0.2) is 112 Å². The number of carbonyl (C=O) groups excluding carboxylic acids is 8. The number of cyclic esters (lactones) is 1. The van der Waals surface area contributed by atoms with Crippen molar-refractivity contribution < 1.29 is 113 Å². The summed E-state index contributed by atoms with van der Waals surface area (Å²) in [5.74, 6) is -7.48. The van der Waals surface area contributed by atoms with Crippen molar-refractivity contribution in [2.24, 2.45) is 34.0 Å². The Hall–Kier alpha value is -12.6. The summed E-state index contributed by atoms with van der Waals surface area (Å²) >= 11 is 0. The lowest BCUT2D eigenvalue weighted by Gasteiger charge is -2.55. The zero-order valence-corrected chi connectivity index (χ0v) is 78.3. The lowest BCUT2D eigenvalue weighted by Crippen LogP contribution is -2.51. The number of hydrogen-bond donors (Lipinski definition) is 0. The first-order valence-electron chi connectivity index (χ1n) is 43.1. The van der Waals surface area contributed by atoms with E-state index in [1.807, 2.05) is 170 Å². The Labute approximate surface area is 793 Å². The van der Waals surface area contributed by atoms with E-state index in [0.29, 0.717) is 30.6 Å². The van der Waals surface area contributed by atoms with Crippen molar-refractivity contribution in [3.8, 4) is 0 Å². The maximum absolute atomic E-state index is 13.6. The third-order valence-electron chi connectivity index (χ3n) is 23.2. The normalized spacial score (nSPS) is 19.1. The van der Waals surface area contributed by atoms with Crippen LogP contribution in [0.3, 0.4) is 0 Å². The number of carboxylic acid groups (broad SMARTS) is 3. The average molecular weight is 1930 g/mol. The SMILES string of the molecule is CC12CCC(C(=O)OCC(=O)[O-])(OC1=O)C2(C)C.COCC(=O)[O-].Fc1cccc([S+](c2ccccc2)c2ccccc2)c1.Fc1cccc([S+](c2ccccc2)c2ccccc2)c1.Fc1cccc([S+](c2ccccc2)c2ccccc2)c1.Fc1cccc([S+](c2ccccc2)c2ccccc2)c1.O=C(CS(=O)(=O)[O-])OC1CCOC1=O.O=C([O-])COC(=O)C12CC3CC(CC(C3)C1)C2. The first-order valence-corrected chi connectivity index (χ1v) is 49.6. The number of esters is 5. The maximum atomic E-state index is 13.6. The van der Waals surface area contributed by atoms with E-state index in [1.165, 1.54) is 89.8 Å². The molecule has 29 heteroatoms. The van der Waals surface area contributed by atoms with Gasteiger partial charge in [0, 0.05) is 43.2 Å². The summed E-state index contributed by atoms with van der Waals surface area (Å²) in [5.41, 5.74) is -3.17. The molecule has 0 spiro atoms. The highest BCUT2D eigenvalue weighted by atomic mass is 32.2. The topological polar surface area (TPSA) is 318 Å². The molecule has 135 heavy (non-hydrogen) atoms. The van der Waals surface area contributed by atoms with Crippen molar-refractivity contribution in [3.05, 3.63) is 363 Å². The molecule has 0 amide bonds. The monoisotopic (exact) mass is 1930 g/mol. The molecule has 3 unspecified atom stereocenters. The summed E-state index contributed by atoms with van der Waals surface area (Å²) in [4.78, 5) is 101. The van der Waals surface area contributed by atoms with Gasteiger partial charge in [-0.25, -0.2) is 35.6 Å². The highest BCUT2D eigenvalue weighted by Gasteiger charge is 2.76. The highest BCUT2D eigenvalue weighted by Crippen LogP contribution is 2.66. The quantitative estimate of drug-likeness (QED) is 0.0189. The van der Waals surface area contributed by atoms with Gasteiger partial charge in [0.2, 0.25) is 11.7 Å². The second kappa shape index (κ2) is 49.1. The molecule has 5 aliphatic carbocycles. The van der Waals surface area contributed by atoms with Gasteiger partial charge < -0.3 is 62.7 Å². The van der Waals surface area contributed by atoms with Crippen LogP contribution in [0.25, 0.3) is 0 Å². The molecular weight excluding hydrogens is 1830 g/mol. The number of halogens is 4. The minimum Gasteiger partial charge on any atom is -0.748 e. The molecule has 19 rings (SSSR count). The van der Waals surface area contributed by atoms with Crippen molar-refractivity contribution in [2.75, 3.05) is 39.3 Å². The highest BCUT2D eigenvalue weighted by molar-refractivity contribution is 7.98. The molecular formula is C106H100F4O20S5. The molecule has 7 fully saturated rings. The minimum atomic E-state index is -4.66. The van der Waals surface area contributed by atoms with Crippen LogP contribution in [0, 0.1) is 57.3 Å². The van der Waals surface area contributed by atoms with Gasteiger partial charge in [-0.1, -0.05) is 184 Å². The van der Waals surface area contributed by atoms with Crippen LogP contribution >= 0.6 is 0 Å². The second-order valence-electron chi connectivity index (χ2n) is 32.8. The molecule has 6 bridgehead atoms. The van der Waals surface area contributed by atoms with E-state index in [9.17, 15) is 84.2 Å². The molecule has 20 nitrogen and oxygen atoms in total. The van der Waals surface area contributed by atoms with Gasteiger partial charge >= 0.3 is 29.8 Å². The summed E-state index contributed by atoms with van der Waals surface area (Å²) in [6.45, 7) is 3.68. The van der Waals surface area contributed by atoms with E-state index < -0.39 is 93.4 Å². The van der Waals surface area contributed by atoms with Crippen LogP contribution in [0.15, 0.2) is 398 Å². The zero-order valence-electron chi connectivity index (χ0n) is 74.3. The zero-order chi connectivity index (χ0) is 96.7. The van der Waals surface area contributed by atoms with E-state index in [0.717, 1.165) is 38.8 Å². The molecule has 702 valence electrons. The summed E-state index contributed by atoms with van der Waals surface area (Å²) in [5, 5.41) is 30.0. The van der Waals surface area contributed by atoms with E-state index in [2.05, 4.69) is 116 Å². The number of benzene rings is 12. The van der Waals surface area contributed by atoms with Crippen LogP contribution in [0.4, 0.5) is 17.6 Å². The molecule has 0 radical (unpaired) electrons. The number of carbonyl (C=O) groups is 8. The van der Waals surface area contributed by atoms with Crippen LogP contribution in [0.5, 0.6) is 0 Å². The molecule has 12 aromatic carbocycles. The maximum Gasteiger partial charge on any atom is 0.351 e. The Kier molecular flexibility index (Phi) is 37.4. The number of rotatable bonds is 23. The molecule has 0 N–H and O–H groups in total. The summed E-state index contributed by atoms with van der Waals surface area (Å²) in [6, 6.07) is 110. The Morgan fingerprint density at radius 2 is 0.667 bits per heavy atom. The van der Waals surface area contributed by atoms with Gasteiger partial charge in [0.25, 0.3) is 0 Å². The molecule has 3 atom stereocenters. The molecule has 2 heterocycles. The number of ether oxygens (including phenoxy) is 6. The summed E-state index contributed by atoms with van der Waals surface area (Å²) < 4.78 is 112. The lowest BCUT2D eigenvalue weighted by atomic mass is 9.49. The van der Waals surface area contributed by atoms with Crippen molar-refractivity contribution in [1.82, 2.24) is 0 Å². The smallest absolute Gasteiger partial charge is 0.351 e. The predicted octanol–water partition coefficient (Wildman–Crippen LogP) is 16.4. The van der Waals surface area contributed by atoms with E-state index in [4.69, 9.17) is 9.47 Å². The van der Waals surface area contributed by atoms with Crippen molar-refractivity contribution >= 4 is 101 Å². The fourth-order valence-corrected chi connectivity index (χ4v) is 25.9. The van der Waals surface area contributed by atoms with E-state index in [1.54, 1.807) is 69.3 Å². The van der Waals surface area contributed by atoms with Crippen molar-refractivity contribution in [1.29, 1.82) is 0 Å². The van der Waals surface area contributed by atoms with Crippen LogP contribution in [0.2, 0.25) is 0 Å². The molecule has 5 saturated carbocycles.